The number of rotatable bonds is 0. The van der Waals surface area contributed by atoms with Gasteiger partial charge in [0.2, 0.25) is 0 Å². The van der Waals surface area contributed by atoms with Gasteiger partial charge in [-0.25, -0.2) is 4.79 Å². The van der Waals surface area contributed by atoms with E-state index < -0.39 is 5.60 Å². The van der Waals surface area contributed by atoms with Crippen molar-refractivity contribution >= 4 is 6.09 Å². The van der Waals surface area contributed by atoms with Crippen molar-refractivity contribution in [1.29, 1.82) is 0 Å². The van der Waals surface area contributed by atoms with Gasteiger partial charge in [0.05, 0.1) is 12.1 Å². The molecule has 0 saturated carbocycles. The molecule has 2 rings (SSSR count). The van der Waals surface area contributed by atoms with Crippen LogP contribution in [0.2, 0.25) is 0 Å². The lowest BCUT2D eigenvalue weighted by atomic mass is 9.84. The van der Waals surface area contributed by atoms with Crippen LogP contribution in [0.1, 0.15) is 33.6 Å². The Hall–Kier alpha value is -0.770. The second-order valence-corrected chi connectivity index (χ2v) is 5.41. The normalized spacial score (nSPS) is 30.5. The predicted molar refractivity (Wildman–Crippen MR) is 55.7 cm³/mol. The fourth-order valence-electron chi connectivity index (χ4n) is 2.15. The number of hydrogen-bond acceptors (Lipinski definition) is 3. The molecule has 0 aromatic rings. The number of nitrogens with zero attached hydrogens (tertiary/aromatic N) is 1. The molecule has 2 fully saturated rings. The van der Waals surface area contributed by atoms with Crippen molar-refractivity contribution in [1.82, 2.24) is 4.90 Å². The van der Waals surface area contributed by atoms with Crippen LogP contribution >= 0.6 is 0 Å². The van der Waals surface area contributed by atoms with Crippen molar-refractivity contribution in [3.05, 3.63) is 0 Å². The zero-order valence-corrected chi connectivity index (χ0v) is 9.71. The van der Waals surface area contributed by atoms with E-state index in [2.05, 4.69) is 0 Å². The van der Waals surface area contributed by atoms with Crippen LogP contribution in [-0.4, -0.2) is 41.9 Å². The zero-order chi connectivity index (χ0) is 11.1. The van der Waals surface area contributed by atoms with Crippen LogP contribution < -0.4 is 0 Å². The molecule has 1 atom stereocenters. The number of carbonyl (C=O) groups is 1. The van der Waals surface area contributed by atoms with Gasteiger partial charge >= 0.3 is 6.09 Å². The number of likely N-dealkylation sites (tertiary alicyclic amines) is 1. The Balaban J connectivity index is 1.97. The highest BCUT2D eigenvalue weighted by atomic mass is 16.6. The number of hydrogen-bond donors (Lipinski definition) is 0. The Morgan fingerprint density at radius 2 is 2.13 bits per heavy atom. The van der Waals surface area contributed by atoms with Crippen LogP contribution in [0.3, 0.4) is 0 Å². The molecular formula is C11H19NO3. The molecule has 2 aliphatic heterocycles. The van der Waals surface area contributed by atoms with Crippen LogP contribution in [0.25, 0.3) is 0 Å². The monoisotopic (exact) mass is 213 g/mol. The van der Waals surface area contributed by atoms with Gasteiger partial charge in [-0.15, -0.1) is 0 Å². The number of amides is 1. The molecule has 4 heteroatoms. The van der Waals surface area contributed by atoms with Crippen LogP contribution in [0, 0.1) is 0 Å². The zero-order valence-electron chi connectivity index (χ0n) is 9.71. The Labute approximate surface area is 90.5 Å². The molecule has 2 saturated heterocycles. The maximum absolute atomic E-state index is 11.9. The van der Waals surface area contributed by atoms with E-state index >= 15 is 0 Å². The first-order chi connectivity index (χ1) is 6.93. The molecule has 4 nitrogen and oxygen atoms in total. The summed E-state index contributed by atoms with van der Waals surface area (Å²) in [6.45, 7) is 7.91. The molecule has 1 amide bonds. The Morgan fingerprint density at radius 3 is 2.53 bits per heavy atom. The van der Waals surface area contributed by atoms with Gasteiger partial charge in [-0.2, -0.15) is 0 Å². The van der Waals surface area contributed by atoms with E-state index in [0.717, 1.165) is 26.0 Å². The van der Waals surface area contributed by atoms with Gasteiger partial charge in [-0.05, 0) is 33.6 Å². The quantitative estimate of drug-likeness (QED) is 0.615. The molecule has 1 spiro atoms. The average Bonchev–Trinajstić information content (AvgIpc) is 2.47. The van der Waals surface area contributed by atoms with E-state index in [1.165, 1.54) is 0 Å². The summed E-state index contributed by atoms with van der Waals surface area (Å²) in [7, 11) is 0. The van der Waals surface area contributed by atoms with E-state index in [9.17, 15) is 4.79 Å². The lowest BCUT2D eigenvalue weighted by Gasteiger charge is -2.49. The molecule has 0 aromatic heterocycles. The van der Waals surface area contributed by atoms with E-state index in [1.54, 1.807) is 0 Å². The van der Waals surface area contributed by atoms with Crippen molar-refractivity contribution in [2.45, 2.75) is 44.8 Å². The minimum Gasteiger partial charge on any atom is -0.444 e. The van der Waals surface area contributed by atoms with Gasteiger partial charge in [0.25, 0.3) is 0 Å². The van der Waals surface area contributed by atoms with Crippen LogP contribution in [-0.2, 0) is 9.47 Å². The molecular weight excluding hydrogens is 194 g/mol. The number of carbonyl (C=O) groups excluding carboxylic acids is 1. The van der Waals surface area contributed by atoms with E-state index in [4.69, 9.17) is 9.47 Å². The van der Waals surface area contributed by atoms with Crippen molar-refractivity contribution in [3.8, 4) is 0 Å². The SMILES string of the molecule is CC(C)(C)OC(=O)N1CCC12CCOC2. The summed E-state index contributed by atoms with van der Waals surface area (Å²) in [4.78, 5) is 13.7. The maximum atomic E-state index is 11.9. The lowest BCUT2D eigenvalue weighted by molar-refractivity contribution is -0.0469. The first-order valence-corrected chi connectivity index (χ1v) is 5.51. The Kier molecular flexibility index (Phi) is 2.41. The van der Waals surface area contributed by atoms with E-state index in [0.29, 0.717) is 6.61 Å². The van der Waals surface area contributed by atoms with Gasteiger partial charge in [0.1, 0.15) is 5.60 Å². The molecule has 2 heterocycles. The molecule has 1 unspecified atom stereocenters. The van der Waals surface area contributed by atoms with Crippen LogP contribution in [0.5, 0.6) is 0 Å². The fraction of sp³-hybridized carbons (Fsp3) is 0.909. The van der Waals surface area contributed by atoms with Crippen LogP contribution in [0.15, 0.2) is 0 Å². The van der Waals surface area contributed by atoms with Crippen molar-refractivity contribution < 1.29 is 14.3 Å². The highest BCUT2D eigenvalue weighted by Crippen LogP contribution is 2.38. The van der Waals surface area contributed by atoms with Crippen LogP contribution in [0.4, 0.5) is 4.79 Å². The number of ether oxygens (including phenoxy) is 2. The van der Waals surface area contributed by atoms with Gasteiger partial charge in [0.15, 0.2) is 0 Å². The molecule has 0 aliphatic carbocycles. The molecule has 0 bridgehead atoms. The summed E-state index contributed by atoms with van der Waals surface area (Å²) in [5.41, 5.74) is -0.449. The molecule has 15 heavy (non-hydrogen) atoms. The first kappa shape index (κ1) is 10.7. The van der Waals surface area contributed by atoms with E-state index in [1.807, 2.05) is 25.7 Å². The highest BCUT2D eigenvalue weighted by molar-refractivity contribution is 5.70. The second-order valence-electron chi connectivity index (χ2n) is 5.41. The van der Waals surface area contributed by atoms with Crippen molar-refractivity contribution in [2.24, 2.45) is 0 Å². The second kappa shape index (κ2) is 3.37. The standard InChI is InChI=1S/C11H19NO3/c1-10(2,3)15-9(13)12-6-4-11(12)5-7-14-8-11/h4-8H2,1-3H3. The molecule has 0 aromatic carbocycles. The summed E-state index contributed by atoms with van der Waals surface area (Å²) < 4.78 is 10.7. The third-order valence-corrected chi connectivity index (χ3v) is 3.07. The largest absolute Gasteiger partial charge is 0.444 e. The highest BCUT2D eigenvalue weighted by Gasteiger charge is 2.51. The van der Waals surface area contributed by atoms with Gasteiger partial charge in [-0.1, -0.05) is 0 Å². The third-order valence-electron chi connectivity index (χ3n) is 3.07. The maximum Gasteiger partial charge on any atom is 0.410 e. The molecule has 2 aliphatic rings. The minimum absolute atomic E-state index is 0.0394. The summed E-state index contributed by atoms with van der Waals surface area (Å²) >= 11 is 0. The first-order valence-electron chi connectivity index (χ1n) is 5.51. The van der Waals surface area contributed by atoms with Gasteiger partial charge < -0.3 is 9.47 Å². The molecule has 86 valence electrons. The molecule has 0 radical (unpaired) electrons. The molecule has 0 N–H and O–H groups in total. The van der Waals surface area contributed by atoms with E-state index in [-0.39, 0.29) is 11.6 Å². The fourth-order valence-corrected chi connectivity index (χ4v) is 2.15. The van der Waals surface area contributed by atoms with Crippen molar-refractivity contribution in [2.75, 3.05) is 19.8 Å². The lowest BCUT2D eigenvalue weighted by Crippen LogP contribution is -2.63. The Bertz CT molecular complexity index is 263. The smallest absolute Gasteiger partial charge is 0.410 e. The summed E-state index contributed by atoms with van der Waals surface area (Å²) in [5, 5.41) is 0. The average molecular weight is 213 g/mol. The summed E-state index contributed by atoms with van der Waals surface area (Å²) in [6.07, 6.45) is 1.80. The topological polar surface area (TPSA) is 38.8 Å². The predicted octanol–water partition coefficient (Wildman–Crippen LogP) is 1.79. The van der Waals surface area contributed by atoms with Crippen molar-refractivity contribution in [3.63, 3.8) is 0 Å². The minimum atomic E-state index is -0.409. The summed E-state index contributed by atoms with van der Waals surface area (Å²) in [5.74, 6) is 0. The van der Waals surface area contributed by atoms with Gasteiger partial charge in [0, 0.05) is 13.2 Å². The van der Waals surface area contributed by atoms with Gasteiger partial charge in [-0.3, -0.25) is 4.90 Å². The third kappa shape index (κ3) is 1.95. The Morgan fingerprint density at radius 1 is 1.40 bits per heavy atom. The summed E-state index contributed by atoms with van der Waals surface area (Å²) in [6, 6.07) is 0.